The lowest BCUT2D eigenvalue weighted by Crippen LogP contribution is -2.54. The Hall–Kier alpha value is -2.70. The summed E-state index contributed by atoms with van der Waals surface area (Å²) in [6, 6.07) is 3.13. The van der Waals surface area contributed by atoms with Crippen molar-refractivity contribution >= 4 is 23.7 Å². The predicted octanol–water partition coefficient (Wildman–Crippen LogP) is 2.84. The number of ketones is 1. The van der Waals surface area contributed by atoms with E-state index in [-0.39, 0.29) is 17.6 Å². The molecule has 7 nitrogen and oxygen atoms in total. The first-order chi connectivity index (χ1) is 13.7. The topological polar surface area (TPSA) is 92.8 Å². The first-order valence-corrected chi connectivity index (χ1v) is 10.1. The largest absolute Gasteiger partial charge is 0.456 e. The highest BCUT2D eigenvalue weighted by atomic mass is 16.5. The molecule has 29 heavy (non-hydrogen) atoms. The highest BCUT2D eigenvalue weighted by molar-refractivity contribution is 6.09. The van der Waals surface area contributed by atoms with Crippen molar-refractivity contribution in [2.45, 2.75) is 58.9 Å². The Morgan fingerprint density at radius 3 is 2.52 bits per heavy atom. The number of Topliss-reactive ketones (excluding diaryl/α,β-unsaturated/α-hetero) is 1. The molecule has 0 bridgehead atoms. The zero-order chi connectivity index (χ0) is 21.3. The van der Waals surface area contributed by atoms with Gasteiger partial charge in [0.05, 0.1) is 0 Å². The molecular weight excluding hydrogens is 372 g/mol. The second-order valence-electron chi connectivity index (χ2n) is 8.27. The van der Waals surface area contributed by atoms with Crippen molar-refractivity contribution in [3.63, 3.8) is 0 Å². The Kier molecular flexibility index (Phi) is 5.78. The number of aryl methyl sites for hydroxylation is 3. The summed E-state index contributed by atoms with van der Waals surface area (Å²) < 4.78 is 5.08. The van der Waals surface area contributed by atoms with E-state index in [1.54, 1.807) is 6.07 Å². The van der Waals surface area contributed by atoms with Gasteiger partial charge in [0.2, 0.25) is 5.78 Å². The van der Waals surface area contributed by atoms with Gasteiger partial charge in [0.25, 0.3) is 5.91 Å². The second-order valence-corrected chi connectivity index (χ2v) is 8.27. The summed E-state index contributed by atoms with van der Waals surface area (Å²) in [5, 5.41) is 2.80. The van der Waals surface area contributed by atoms with Crippen molar-refractivity contribution in [3.05, 3.63) is 34.4 Å². The first-order valence-electron chi connectivity index (χ1n) is 10.1. The van der Waals surface area contributed by atoms with Crippen LogP contribution < -0.4 is 5.32 Å². The van der Waals surface area contributed by atoms with Crippen LogP contribution in [0.3, 0.4) is 0 Å². The summed E-state index contributed by atoms with van der Waals surface area (Å²) in [5.74, 6) is -1.44. The van der Waals surface area contributed by atoms with E-state index in [2.05, 4.69) is 5.32 Å². The monoisotopic (exact) mass is 400 g/mol. The predicted molar refractivity (Wildman–Crippen MR) is 107 cm³/mol. The summed E-state index contributed by atoms with van der Waals surface area (Å²) in [5.41, 5.74) is 2.47. The molecule has 2 fully saturated rings. The molecule has 1 saturated carbocycles. The zero-order valence-corrected chi connectivity index (χ0v) is 17.5. The molecule has 3 amide bonds. The molecule has 1 aliphatic carbocycles. The van der Waals surface area contributed by atoms with Crippen LogP contribution in [0.4, 0.5) is 4.79 Å². The van der Waals surface area contributed by atoms with E-state index in [1.807, 2.05) is 33.8 Å². The molecule has 0 unspecified atom stereocenters. The Morgan fingerprint density at radius 2 is 1.83 bits per heavy atom. The third-order valence-electron chi connectivity index (χ3n) is 6.29. The fraction of sp³-hybridized carbons (Fsp3) is 0.545. The van der Waals surface area contributed by atoms with Crippen molar-refractivity contribution in [1.82, 2.24) is 10.2 Å². The molecule has 2 aliphatic rings. The van der Waals surface area contributed by atoms with Crippen molar-refractivity contribution < 1.29 is 23.9 Å². The van der Waals surface area contributed by atoms with Gasteiger partial charge >= 0.3 is 12.0 Å². The number of hydrogen-bond acceptors (Lipinski definition) is 5. The standard InChI is InChI=1S/C22H28N2O5/c1-13-9-15(3)17(10-14(13)2)18(25)12-29-19(26)11-24-20(27)22(23-21(24)28)8-6-5-7-16(22)4/h9-10,16H,5-8,11-12H2,1-4H3,(H,23,28)/t16-,22-/m0/s1. The maximum Gasteiger partial charge on any atom is 0.326 e. The van der Waals surface area contributed by atoms with E-state index in [1.165, 1.54) is 0 Å². The van der Waals surface area contributed by atoms with Crippen LogP contribution in [0, 0.1) is 26.7 Å². The molecular formula is C22H28N2O5. The van der Waals surface area contributed by atoms with E-state index in [0.29, 0.717) is 12.0 Å². The van der Waals surface area contributed by atoms with Crippen molar-refractivity contribution in [3.8, 4) is 0 Å². The van der Waals surface area contributed by atoms with Crippen molar-refractivity contribution in [2.75, 3.05) is 13.2 Å². The number of amides is 3. The fourth-order valence-electron chi connectivity index (χ4n) is 4.30. The number of esters is 1. The van der Waals surface area contributed by atoms with Gasteiger partial charge < -0.3 is 10.1 Å². The average Bonchev–Trinajstić information content (AvgIpc) is 2.90. The number of ether oxygens (including phenoxy) is 1. The molecule has 1 saturated heterocycles. The minimum Gasteiger partial charge on any atom is -0.456 e. The van der Waals surface area contributed by atoms with E-state index >= 15 is 0 Å². The fourth-order valence-corrected chi connectivity index (χ4v) is 4.30. The summed E-state index contributed by atoms with van der Waals surface area (Å²) in [7, 11) is 0. The number of nitrogens with zero attached hydrogens (tertiary/aromatic N) is 1. The normalized spacial score (nSPS) is 24.0. The average molecular weight is 400 g/mol. The SMILES string of the molecule is Cc1cc(C)c(C(=O)COC(=O)CN2C(=O)N[C@]3(CCCC[C@@H]3C)C2=O)cc1C. The number of carbonyl (C=O) groups excluding carboxylic acids is 4. The van der Waals surface area contributed by atoms with Crippen LogP contribution in [0.5, 0.6) is 0 Å². The van der Waals surface area contributed by atoms with Gasteiger partial charge in [0.1, 0.15) is 12.1 Å². The number of carbonyl (C=O) groups is 4. The molecule has 1 spiro atoms. The number of benzene rings is 1. The van der Waals surface area contributed by atoms with E-state index in [9.17, 15) is 19.2 Å². The Labute approximate surface area is 170 Å². The van der Waals surface area contributed by atoms with Gasteiger partial charge in [0, 0.05) is 5.56 Å². The highest BCUT2D eigenvalue weighted by Crippen LogP contribution is 2.38. The molecule has 1 aromatic rings. The van der Waals surface area contributed by atoms with Crippen molar-refractivity contribution in [1.29, 1.82) is 0 Å². The van der Waals surface area contributed by atoms with Crippen LogP contribution in [0.15, 0.2) is 12.1 Å². The number of imide groups is 1. The van der Waals surface area contributed by atoms with Gasteiger partial charge in [-0.25, -0.2) is 4.79 Å². The van der Waals surface area contributed by atoms with Gasteiger partial charge in [-0.05, 0) is 62.3 Å². The van der Waals surface area contributed by atoms with Crippen LogP contribution in [0.25, 0.3) is 0 Å². The highest BCUT2D eigenvalue weighted by Gasteiger charge is 2.55. The minimum atomic E-state index is -0.915. The molecule has 0 aromatic heterocycles. The summed E-state index contributed by atoms with van der Waals surface area (Å²) >= 11 is 0. The van der Waals surface area contributed by atoms with Crippen molar-refractivity contribution in [2.24, 2.45) is 5.92 Å². The molecule has 0 radical (unpaired) electrons. The number of urea groups is 1. The third-order valence-corrected chi connectivity index (χ3v) is 6.29. The molecule has 3 rings (SSSR count). The minimum absolute atomic E-state index is 0.0167. The smallest absolute Gasteiger partial charge is 0.326 e. The van der Waals surface area contributed by atoms with Crippen LogP contribution >= 0.6 is 0 Å². The van der Waals surface area contributed by atoms with Gasteiger partial charge in [-0.2, -0.15) is 0 Å². The number of hydrogen-bond donors (Lipinski definition) is 1. The molecule has 7 heteroatoms. The van der Waals surface area contributed by atoms with Gasteiger partial charge in [0.15, 0.2) is 6.61 Å². The van der Waals surface area contributed by atoms with Crippen LogP contribution in [0.2, 0.25) is 0 Å². The van der Waals surface area contributed by atoms with Crippen LogP contribution in [-0.4, -0.2) is 47.3 Å². The quantitative estimate of drug-likeness (QED) is 0.466. The molecule has 1 aromatic carbocycles. The summed E-state index contributed by atoms with van der Waals surface area (Å²) in [6.45, 7) is 6.75. The molecule has 156 valence electrons. The van der Waals surface area contributed by atoms with Gasteiger partial charge in [-0.1, -0.05) is 25.8 Å². The lowest BCUT2D eigenvalue weighted by Gasteiger charge is -2.36. The van der Waals surface area contributed by atoms with Crippen LogP contribution in [-0.2, 0) is 14.3 Å². The Balaban J connectivity index is 1.61. The lowest BCUT2D eigenvalue weighted by atomic mass is 9.73. The maximum atomic E-state index is 12.9. The Bertz CT molecular complexity index is 878. The number of nitrogens with one attached hydrogen (secondary N) is 1. The lowest BCUT2D eigenvalue weighted by molar-refractivity contribution is -0.147. The third kappa shape index (κ3) is 3.91. The zero-order valence-electron chi connectivity index (χ0n) is 17.5. The van der Waals surface area contributed by atoms with Gasteiger partial charge in [-0.3, -0.25) is 19.3 Å². The van der Waals surface area contributed by atoms with E-state index in [4.69, 9.17) is 4.74 Å². The van der Waals surface area contributed by atoms with E-state index < -0.39 is 30.7 Å². The summed E-state index contributed by atoms with van der Waals surface area (Å²) in [4.78, 5) is 50.8. The molecule has 1 aliphatic heterocycles. The maximum absolute atomic E-state index is 12.9. The molecule has 1 N–H and O–H groups in total. The van der Waals surface area contributed by atoms with Crippen LogP contribution in [0.1, 0.15) is 59.7 Å². The first kappa shape index (κ1) is 21.0. The molecule has 2 atom stereocenters. The molecule has 1 heterocycles. The van der Waals surface area contributed by atoms with Gasteiger partial charge in [-0.15, -0.1) is 0 Å². The summed E-state index contributed by atoms with van der Waals surface area (Å²) in [6.07, 6.45) is 3.32. The number of rotatable bonds is 5. The second kappa shape index (κ2) is 7.97. The van der Waals surface area contributed by atoms with E-state index in [0.717, 1.165) is 40.9 Å². The Morgan fingerprint density at radius 1 is 1.14 bits per heavy atom.